The SMILES string of the molecule is C=CC(=C)CCCCCCCCC(=C)/C=C\C(=C)C(C)=O. The third-order valence-corrected chi connectivity index (χ3v) is 3.51. The van der Waals surface area contributed by atoms with Crippen LogP contribution in [-0.4, -0.2) is 5.78 Å². The minimum atomic E-state index is 0.0122. The van der Waals surface area contributed by atoms with Crippen molar-refractivity contribution in [2.45, 2.75) is 58.3 Å². The second kappa shape index (κ2) is 12.1. The first-order chi connectivity index (χ1) is 9.97. The maximum atomic E-state index is 11.0. The summed E-state index contributed by atoms with van der Waals surface area (Å²) in [5, 5.41) is 0. The first-order valence-corrected chi connectivity index (χ1v) is 7.83. The molecule has 1 heteroatoms. The van der Waals surface area contributed by atoms with Crippen LogP contribution in [0, 0.1) is 0 Å². The molecule has 0 aliphatic rings. The molecule has 0 fully saturated rings. The Morgan fingerprint density at radius 2 is 1.29 bits per heavy atom. The van der Waals surface area contributed by atoms with Crippen LogP contribution in [0.4, 0.5) is 0 Å². The van der Waals surface area contributed by atoms with Gasteiger partial charge < -0.3 is 0 Å². The lowest BCUT2D eigenvalue weighted by molar-refractivity contribution is -0.113. The number of hydrogen-bond acceptors (Lipinski definition) is 1. The lowest BCUT2D eigenvalue weighted by Gasteiger charge is -2.03. The van der Waals surface area contributed by atoms with Crippen LogP contribution < -0.4 is 0 Å². The van der Waals surface area contributed by atoms with E-state index in [1.807, 2.05) is 12.2 Å². The van der Waals surface area contributed by atoms with Gasteiger partial charge in [0.15, 0.2) is 5.78 Å². The summed E-state index contributed by atoms with van der Waals surface area (Å²) in [6, 6.07) is 0. The standard InChI is InChI=1S/C20H30O/c1-6-17(2)13-11-9-7-8-10-12-14-18(3)15-16-19(4)20(5)21/h6,15-16H,1-4,7-14H2,5H3/b16-15-. The molecule has 0 aromatic carbocycles. The number of ketones is 1. The van der Waals surface area contributed by atoms with Crippen LogP contribution in [0.2, 0.25) is 0 Å². The van der Waals surface area contributed by atoms with Gasteiger partial charge in [-0.25, -0.2) is 0 Å². The van der Waals surface area contributed by atoms with Crippen molar-refractivity contribution in [1.82, 2.24) is 0 Å². The molecule has 0 atom stereocenters. The number of carbonyl (C=O) groups is 1. The highest BCUT2D eigenvalue weighted by Gasteiger charge is 1.96. The van der Waals surface area contributed by atoms with E-state index in [4.69, 9.17) is 0 Å². The van der Waals surface area contributed by atoms with Gasteiger partial charge in [-0.3, -0.25) is 4.79 Å². The minimum absolute atomic E-state index is 0.0122. The summed E-state index contributed by atoms with van der Waals surface area (Å²) in [6.07, 6.45) is 15.0. The van der Waals surface area contributed by atoms with Gasteiger partial charge in [-0.15, -0.1) is 0 Å². The Labute approximate surface area is 130 Å². The maximum Gasteiger partial charge on any atom is 0.159 e. The van der Waals surface area contributed by atoms with Crippen molar-refractivity contribution < 1.29 is 4.79 Å². The van der Waals surface area contributed by atoms with Gasteiger partial charge in [-0.2, -0.15) is 0 Å². The van der Waals surface area contributed by atoms with Crippen molar-refractivity contribution in [2.75, 3.05) is 0 Å². The normalized spacial score (nSPS) is 10.5. The Hall–Kier alpha value is -1.63. The molecular weight excluding hydrogens is 256 g/mol. The molecule has 116 valence electrons. The molecule has 0 aromatic rings. The van der Waals surface area contributed by atoms with Crippen molar-refractivity contribution in [3.63, 3.8) is 0 Å². The second-order valence-corrected chi connectivity index (χ2v) is 5.56. The van der Waals surface area contributed by atoms with E-state index in [-0.39, 0.29) is 5.78 Å². The monoisotopic (exact) mass is 286 g/mol. The fourth-order valence-corrected chi connectivity index (χ4v) is 1.93. The van der Waals surface area contributed by atoms with Crippen LogP contribution in [0.15, 0.2) is 61.3 Å². The Morgan fingerprint density at radius 1 is 0.810 bits per heavy atom. The zero-order valence-corrected chi connectivity index (χ0v) is 13.6. The summed E-state index contributed by atoms with van der Waals surface area (Å²) < 4.78 is 0. The van der Waals surface area contributed by atoms with Gasteiger partial charge >= 0.3 is 0 Å². The third kappa shape index (κ3) is 11.9. The van der Waals surface area contributed by atoms with Crippen LogP contribution in [-0.2, 0) is 4.79 Å². The molecule has 0 unspecified atom stereocenters. The molecule has 0 radical (unpaired) electrons. The molecule has 0 spiro atoms. The molecule has 0 saturated heterocycles. The van der Waals surface area contributed by atoms with Crippen molar-refractivity contribution >= 4 is 5.78 Å². The summed E-state index contributed by atoms with van der Waals surface area (Å²) in [4.78, 5) is 11.0. The number of allylic oxidation sites excluding steroid dienone is 6. The molecule has 0 bridgehead atoms. The van der Waals surface area contributed by atoms with E-state index in [1.54, 1.807) is 6.08 Å². The predicted molar refractivity (Wildman–Crippen MR) is 94.4 cm³/mol. The first kappa shape index (κ1) is 19.4. The van der Waals surface area contributed by atoms with Gasteiger partial charge in [0.1, 0.15) is 0 Å². The molecule has 0 heterocycles. The zero-order chi connectivity index (χ0) is 16.1. The lowest BCUT2D eigenvalue weighted by atomic mass is 10.0. The van der Waals surface area contributed by atoms with E-state index in [2.05, 4.69) is 26.3 Å². The van der Waals surface area contributed by atoms with E-state index in [0.717, 1.165) is 30.4 Å². The van der Waals surface area contributed by atoms with Gasteiger partial charge in [0.25, 0.3) is 0 Å². The van der Waals surface area contributed by atoms with E-state index < -0.39 is 0 Å². The van der Waals surface area contributed by atoms with Crippen molar-refractivity contribution in [1.29, 1.82) is 0 Å². The van der Waals surface area contributed by atoms with Crippen molar-refractivity contribution in [2.24, 2.45) is 0 Å². The summed E-state index contributed by atoms with van der Waals surface area (Å²) in [7, 11) is 0. The maximum absolute atomic E-state index is 11.0. The fourth-order valence-electron chi connectivity index (χ4n) is 1.93. The minimum Gasteiger partial charge on any atom is -0.295 e. The largest absolute Gasteiger partial charge is 0.295 e. The summed E-state index contributed by atoms with van der Waals surface area (Å²) >= 11 is 0. The topological polar surface area (TPSA) is 17.1 Å². The summed E-state index contributed by atoms with van der Waals surface area (Å²) in [5.74, 6) is 0.0122. The van der Waals surface area contributed by atoms with Gasteiger partial charge in [0.2, 0.25) is 0 Å². The predicted octanol–water partition coefficient (Wildman–Crippen LogP) is 6.11. The number of Topliss-reactive ketones (excluding diaryl/α,β-unsaturated/α-hetero) is 1. The van der Waals surface area contributed by atoms with Gasteiger partial charge in [0.05, 0.1) is 0 Å². The van der Waals surface area contributed by atoms with Crippen molar-refractivity contribution in [3.05, 3.63) is 61.3 Å². The average Bonchev–Trinajstić information content (AvgIpc) is 2.46. The molecular formula is C20H30O. The highest BCUT2D eigenvalue weighted by Crippen LogP contribution is 2.14. The van der Waals surface area contributed by atoms with E-state index in [9.17, 15) is 4.79 Å². The molecule has 0 aliphatic carbocycles. The first-order valence-electron chi connectivity index (χ1n) is 7.83. The highest BCUT2D eigenvalue weighted by molar-refractivity contribution is 5.95. The van der Waals surface area contributed by atoms with Crippen LogP contribution >= 0.6 is 0 Å². The van der Waals surface area contributed by atoms with E-state index in [0.29, 0.717) is 5.57 Å². The van der Waals surface area contributed by atoms with Crippen LogP contribution in [0.3, 0.4) is 0 Å². The Morgan fingerprint density at radius 3 is 1.76 bits per heavy atom. The van der Waals surface area contributed by atoms with Crippen LogP contribution in [0.1, 0.15) is 58.3 Å². The quantitative estimate of drug-likeness (QED) is 0.227. The summed E-state index contributed by atoms with van der Waals surface area (Å²) in [5.41, 5.74) is 2.75. The van der Waals surface area contributed by atoms with E-state index >= 15 is 0 Å². The number of unbranched alkanes of at least 4 members (excludes halogenated alkanes) is 5. The number of rotatable bonds is 13. The van der Waals surface area contributed by atoms with E-state index in [1.165, 1.54) is 39.0 Å². The average molecular weight is 286 g/mol. The molecule has 0 saturated carbocycles. The van der Waals surface area contributed by atoms with Crippen LogP contribution in [0.5, 0.6) is 0 Å². The molecule has 0 aromatic heterocycles. The van der Waals surface area contributed by atoms with Gasteiger partial charge in [0, 0.05) is 5.57 Å². The number of carbonyl (C=O) groups excluding carboxylic acids is 1. The van der Waals surface area contributed by atoms with Crippen molar-refractivity contribution in [3.8, 4) is 0 Å². The Bertz CT molecular complexity index is 410. The Kier molecular flexibility index (Phi) is 11.2. The smallest absolute Gasteiger partial charge is 0.159 e. The molecule has 0 N–H and O–H groups in total. The number of hydrogen-bond donors (Lipinski definition) is 0. The fraction of sp³-hybridized carbons (Fsp3) is 0.450. The molecule has 0 rings (SSSR count). The molecule has 1 nitrogen and oxygen atoms in total. The Balaban J connectivity index is 3.52. The second-order valence-electron chi connectivity index (χ2n) is 5.56. The van der Waals surface area contributed by atoms with Crippen LogP contribution in [0.25, 0.3) is 0 Å². The van der Waals surface area contributed by atoms with Gasteiger partial charge in [-0.05, 0) is 32.6 Å². The summed E-state index contributed by atoms with van der Waals surface area (Å²) in [6.45, 7) is 16.9. The zero-order valence-electron chi connectivity index (χ0n) is 13.6. The molecule has 21 heavy (non-hydrogen) atoms. The lowest BCUT2D eigenvalue weighted by Crippen LogP contribution is -1.90. The molecule has 0 aliphatic heterocycles. The van der Waals surface area contributed by atoms with Gasteiger partial charge in [-0.1, -0.05) is 81.4 Å². The highest BCUT2D eigenvalue weighted by atomic mass is 16.1. The molecule has 0 amide bonds. The third-order valence-electron chi connectivity index (χ3n) is 3.51.